The molecular weight excluding hydrogens is 298 g/mol. The predicted molar refractivity (Wildman–Crippen MR) is 96.0 cm³/mol. The molecule has 1 aliphatic heterocycles. The third-order valence-electron chi connectivity index (χ3n) is 5.16. The Morgan fingerprint density at radius 3 is 2.08 bits per heavy atom. The Balaban J connectivity index is 2.01. The van der Waals surface area contributed by atoms with E-state index in [1.807, 2.05) is 67.6 Å². The number of benzene rings is 2. The molecule has 126 valence electrons. The Kier molecular flexibility index (Phi) is 5.12. The molecule has 2 atom stereocenters. The largest absolute Gasteiger partial charge is 0.386 e. The minimum Gasteiger partial charge on any atom is -0.386 e. The number of carbonyl (C=O) groups excluding carboxylic acids is 1. The van der Waals surface area contributed by atoms with E-state index in [4.69, 9.17) is 0 Å². The van der Waals surface area contributed by atoms with Crippen LogP contribution in [0, 0.1) is 0 Å². The summed E-state index contributed by atoms with van der Waals surface area (Å²) < 4.78 is 0. The van der Waals surface area contributed by atoms with Crippen molar-refractivity contribution < 1.29 is 9.90 Å². The number of nitrogens with zero attached hydrogens (tertiary/aromatic N) is 1. The highest BCUT2D eigenvalue weighted by molar-refractivity contribution is 6.03. The van der Waals surface area contributed by atoms with Crippen molar-refractivity contribution in [2.45, 2.75) is 37.8 Å². The van der Waals surface area contributed by atoms with Crippen LogP contribution in [0.1, 0.15) is 48.2 Å². The molecule has 0 spiro atoms. The van der Waals surface area contributed by atoms with Crippen LogP contribution in [0.4, 0.5) is 0 Å². The Morgan fingerprint density at radius 2 is 1.50 bits per heavy atom. The molecule has 0 saturated carbocycles. The van der Waals surface area contributed by atoms with Crippen molar-refractivity contribution in [3.63, 3.8) is 0 Å². The Labute approximate surface area is 143 Å². The van der Waals surface area contributed by atoms with Gasteiger partial charge in [0.25, 0.3) is 0 Å². The molecule has 24 heavy (non-hydrogen) atoms. The van der Waals surface area contributed by atoms with E-state index in [9.17, 15) is 9.90 Å². The predicted octanol–water partition coefficient (Wildman–Crippen LogP) is 3.85. The van der Waals surface area contributed by atoms with Gasteiger partial charge in [-0.3, -0.25) is 9.69 Å². The zero-order chi connectivity index (χ0) is 17.0. The zero-order valence-electron chi connectivity index (χ0n) is 14.2. The highest BCUT2D eigenvalue weighted by Crippen LogP contribution is 2.36. The van der Waals surface area contributed by atoms with Crippen molar-refractivity contribution >= 4 is 5.78 Å². The first-order valence-electron chi connectivity index (χ1n) is 8.72. The minimum atomic E-state index is -0.955. The van der Waals surface area contributed by atoms with Crippen molar-refractivity contribution in [3.05, 3.63) is 71.8 Å². The van der Waals surface area contributed by atoms with Crippen molar-refractivity contribution in [2.75, 3.05) is 13.1 Å². The first kappa shape index (κ1) is 16.9. The van der Waals surface area contributed by atoms with Crippen molar-refractivity contribution in [1.82, 2.24) is 4.90 Å². The van der Waals surface area contributed by atoms with E-state index in [-0.39, 0.29) is 5.78 Å². The van der Waals surface area contributed by atoms with Gasteiger partial charge in [-0.1, -0.05) is 67.1 Å². The van der Waals surface area contributed by atoms with E-state index in [0.717, 1.165) is 31.5 Å². The van der Waals surface area contributed by atoms with Crippen molar-refractivity contribution in [2.24, 2.45) is 0 Å². The van der Waals surface area contributed by atoms with Gasteiger partial charge in [0.05, 0.1) is 0 Å². The lowest BCUT2D eigenvalue weighted by Crippen LogP contribution is -2.58. The maximum atomic E-state index is 13.4. The normalized spacial score (nSPS) is 19.4. The summed E-state index contributed by atoms with van der Waals surface area (Å²) in [6, 6.07) is 18.8. The molecule has 2 unspecified atom stereocenters. The number of carbonyl (C=O) groups is 1. The van der Waals surface area contributed by atoms with Crippen LogP contribution in [-0.2, 0) is 0 Å². The quantitative estimate of drug-likeness (QED) is 0.850. The number of Topliss-reactive ketones (excluding diaryl/α,β-unsaturated/α-hetero) is 1. The SMILES string of the molecule is CC(C(=O)c1ccccc1)(C(O)c1ccccc1)N1CCCCC1. The summed E-state index contributed by atoms with van der Waals surface area (Å²) in [4.78, 5) is 15.5. The number of likely N-dealkylation sites (tertiary alicyclic amines) is 1. The van der Waals surface area contributed by atoms with E-state index >= 15 is 0 Å². The fourth-order valence-corrected chi connectivity index (χ4v) is 3.64. The lowest BCUT2D eigenvalue weighted by molar-refractivity contribution is -0.0179. The first-order chi connectivity index (χ1) is 11.6. The monoisotopic (exact) mass is 323 g/mol. The highest BCUT2D eigenvalue weighted by Gasteiger charge is 2.46. The molecule has 1 heterocycles. The van der Waals surface area contributed by atoms with Crippen LogP contribution in [0.15, 0.2) is 60.7 Å². The zero-order valence-corrected chi connectivity index (χ0v) is 14.2. The molecule has 0 amide bonds. The third kappa shape index (κ3) is 3.14. The number of ketones is 1. The van der Waals surface area contributed by atoms with Crippen LogP contribution in [0.3, 0.4) is 0 Å². The molecule has 2 aromatic carbocycles. The van der Waals surface area contributed by atoms with E-state index in [1.54, 1.807) is 0 Å². The van der Waals surface area contributed by atoms with Crippen LogP contribution in [0.5, 0.6) is 0 Å². The molecule has 3 heteroatoms. The fourth-order valence-electron chi connectivity index (χ4n) is 3.64. The number of piperidine rings is 1. The maximum absolute atomic E-state index is 13.4. The highest BCUT2D eigenvalue weighted by atomic mass is 16.3. The summed E-state index contributed by atoms with van der Waals surface area (Å²) in [5, 5.41) is 11.2. The summed E-state index contributed by atoms with van der Waals surface area (Å²) in [5.41, 5.74) is 0.485. The molecule has 2 aromatic rings. The molecule has 1 saturated heterocycles. The molecule has 3 nitrogen and oxygen atoms in total. The second-order valence-corrected chi connectivity index (χ2v) is 6.70. The number of aliphatic hydroxyl groups excluding tert-OH is 1. The molecule has 1 N–H and O–H groups in total. The average Bonchev–Trinajstić information content (AvgIpc) is 2.68. The second kappa shape index (κ2) is 7.29. The lowest BCUT2D eigenvalue weighted by atomic mass is 9.80. The minimum absolute atomic E-state index is 0.0126. The molecule has 3 rings (SSSR count). The summed E-state index contributed by atoms with van der Waals surface area (Å²) in [5.74, 6) is -0.0126. The van der Waals surface area contributed by atoms with E-state index in [1.165, 1.54) is 6.42 Å². The summed E-state index contributed by atoms with van der Waals surface area (Å²) in [6.07, 6.45) is 2.47. The maximum Gasteiger partial charge on any atom is 0.185 e. The van der Waals surface area contributed by atoms with Crippen LogP contribution in [-0.4, -0.2) is 34.4 Å². The number of rotatable bonds is 5. The Morgan fingerprint density at radius 1 is 0.958 bits per heavy atom. The van der Waals surface area contributed by atoms with Gasteiger partial charge in [-0.05, 0) is 38.4 Å². The molecule has 0 radical (unpaired) electrons. The lowest BCUT2D eigenvalue weighted by Gasteiger charge is -2.45. The van der Waals surface area contributed by atoms with Gasteiger partial charge >= 0.3 is 0 Å². The smallest absolute Gasteiger partial charge is 0.185 e. The van der Waals surface area contributed by atoms with Crippen LogP contribution < -0.4 is 0 Å². The fraction of sp³-hybridized carbons (Fsp3) is 0.381. The third-order valence-corrected chi connectivity index (χ3v) is 5.16. The van der Waals surface area contributed by atoms with Gasteiger partial charge < -0.3 is 5.11 Å². The van der Waals surface area contributed by atoms with Gasteiger partial charge in [0, 0.05) is 5.56 Å². The number of aliphatic hydroxyl groups is 1. The number of hydrogen-bond acceptors (Lipinski definition) is 3. The van der Waals surface area contributed by atoms with Gasteiger partial charge in [0.1, 0.15) is 11.6 Å². The van der Waals surface area contributed by atoms with Gasteiger partial charge in [0.2, 0.25) is 0 Å². The Hall–Kier alpha value is -1.97. The molecular formula is C21H25NO2. The van der Waals surface area contributed by atoms with Crippen molar-refractivity contribution in [1.29, 1.82) is 0 Å². The Bertz CT molecular complexity index is 665. The van der Waals surface area contributed by atoms with E-state index in [2.05, 4.69) is 4.90 Å². The van der Waals surface area contributed by atoms with Crippen LogP contribution >= 0.6 is 0 Å². The average molecular weight is 323 g/mol. The summed E-state index contributed by atoms with van der Waals surface area (Å²) in [6.45, 7) is 3.59. The molecule has 0 aromatic heterocycles. The molecule has 0 bridgehead atoms. The van der Waals surface area contributed by atoms with Gasteiger partial charge in [-0.2, -0.15) is 0 Å². The topological polar surface area (TPSA) is 40.5 Å². The van der Waals surface area contributed by atoms with Crippen LogP contribution in [0.2, 0.25) is 0 Å². The standard InChI is InChI=1S/C21H25NO2/c1-21(22-15-9-4-10-16-22,19(23)17-11-5-2-6-12-17)20(24)18-13-7-3-8-14-18/h2-3,5-8,11-14,19,23H,4,9-10,15-16H2,1H3. The van der Waals surface area contributed by atoms with Crippen molar-refractivity contribution in [3.8, 4) is 0 Å². The van der Waals surface area contributed by atoms with E-state index < -0.39 is 11.6 Å². The van der Waals surface area contributed by atoms with Gasteiger partial charge in [-0.15, -0.1) is 0 Å². The summed E-state index contributed by atoms with van der Waals surface area (Å²) in [7, 11) is 0. The van der Waals surface area contributed by atoms with Crippen LogP contribution in [0.25, 0.3) is 0 Å². The summed E-state index contributed by atoms with van der Waals surface area (Å²) >= 11 is 0. The molecule has 1 aliphatic rings. The second-order valence-electron chi connectivity index (χ2n) is 6.70. The van der Waals surface area contributed by atoms with Gasteiger partial charge in [0.15, 0.2) is 5.78 Å². The van der Waals surface area contributed by atoms with Gasteiger partial charge in [-0.25, -0.2) is 0 Å². The van der Waals surface area contributed by atoms with E-state index in [0.29, 0.717) is 5.56 Å². The first-order valence-corrected chi connectivity index (χ1v) is 8.72. The molecule has 0 aliphatic carbocycles. The molecule has 1 fully saturated rings. The number of hydrogen-bond donors (Lipinski definition) is 1.